The molecule has 1 aromatic heterocycles. The minimum atomic E-state index is -0.812. The van der Waals surface area contributed by atoms with Gasteiger partial charge in [0.05, 0.1) is 5.56 Å². The van der Waals surface area contributed by atoms with E-state index in [0.717, 1.165) is 10.4 Å². The molecule has 1 aliphatic heterocycles. The number of carbonyl (C=O) groups is 3. The van der Waals surface area contributed by atoms with Crippen LogP contribution in [0.2, 0.25) is 5.02 Å². The molecule has 0 bridgehead atoms. The van der Waals surface area contributed by atoms with E-state index in [1.54, 1.807) is 24.3 Å². The number of nitrogens with two attached hydrogens (primary N) is 1. The van der Waals surface area contributed by atoms with Crippen LogP contribution in [-0.2, 0) is 17.8 Å². The summed E-state index contributed by atoms with van der Waals surface area (Å²) in [6.07, 6.45) is 1.31. The number of urea groups is 1. The second-order valence-corrected chi connectivity index (χ2v) is 8.22. The predicted molar refractivity (Wildman–Crippen MR) is 113 cm³/mol. The van der Waals surface area contributed by atoms with E-state index < -0.39 is 17.9 Å². The number of carbonyl (C=O) groups excluding carboxylic acids is 2. The third kappa shape index (κ3) is 5.47. The van der Waals surface area contributed by atoms with E-state index in [-0.39, 0.29) is 6.42 Å². The fourth-order valence-electron chi connectivity index (χ4n) is 3.25. The first-order chi connectivity index (χ1) is 13.8. The number of carboxylic acids is 1. The maximum atomic E-state index is 12.4. The summed E-state index contributed by atoms with van der Waals surface area (Å²) in [5.41, 5.74) is 7.36. The minimum absolute atomic E-state index is 0.123. The van der Waals surface area contributed by atoms with Crippen LogP contribution in [0.3, 0.4) is 0 Å². The third-order valence-electron chi connectivity index (χ3n) is 4.58. The zero-order valence-corrected chi connectivity index (χ0v) is 17.1. The van der Waals surface area contributed by atoms with Gasteiger partial charge in [-0.15, -0.1) is 11.3 Å². The first-order valence-electron chi connectivity index (χ1n) is 9.05. The number of hydrogen-bond donors (Lipinski definition) is 4. The van der Waals surface area contributed by atoms with Gasteiger partial charge in [-0.25, -0.2) is 4.79 Å². The fourth-order valence-corrected chi connectivity index (χ4v) is 4.66. The van der Waals surface area contributed by atoms with Gasteiger partial charge in [-0.2, -0.15) is 0 Å². The number of nitrogens with one attached hydrogen (secondary N) is 2. The van der Waals surface area contributed by atoms with Crippen LogP contribution in [0.15, 0.2) is 24.3 Å². The van der Waals surface area contributed by atoms with Crippen LogP contribution < -0.4 is 16.4 Å². The molecule has 2 heterocycles. The highest BCUT2D eigenvalue weighted by Crippen LogP contribution is 2.37. The molecule has 3 rings (SSSR count). The Balaban J connectivity index is 1.70. The monoisotopic (exact) mass is 436 g/mol. The highest BCUT2D eigenvalue weighted by Gasteiger charge is 2.27. The highest BCUT2D eigenvalue weighted by atomic mass is 35.5. The van der Waals surface area contributed by atoms with Gasteiger partial charge in [0.15, 0.2) is 0 Å². The number of benzene rings is 1. The topological polar surface area (TPSA) is 125 Å². The predicted octanol–water partition coefficient (Wildman–Crippen LogP) is 3.37. The molecular weight excluding hydrogens is 416 g/mol. The van der Waals surface area contributed by atoms with Crippen LogP contribution in [0, 0.1) is 0 Å². The first-order valence-corrected chi connectivity index (χ1v) is 10.2. The quantitative estimate of drug-likeness (QED) is 0.529. The number of aliphatic carboxylic acids is 1. The molecule has 0 fully saturated rings. The van der Waals surface area contributed by atoms with Gasteiger partial charge in [-0.3, -0.25) is 19.8 Å². The normalized spacial score (nSPS) is 13.6. The lowest BCUT2D eigenvalue weighted by atomic mass is 10.0. The van der Waals surface area contributed by atoms with Gasteiger partial charge in [0.1, 0.15) is 5.00 Å². The molecule has 0 aliphatic carbocycles. The van der Waals surface area contributed by atoms with E-state index in [1.165, 1.54) is 11.3 Å². The van der Waals surface area contributed by atoms with E-state index in [2.05, 4.69) is 15.5 Å². The number of primary amides is 1. The molecule has 1 aliphatic rings. The van der Waals surface area contributed by atoms with E-state index in [9.17, 15) is 14.4 Å². The molecular formula is C19H21ClN4O4S. The molecule has 5 N–H and O–H groups in total. The fraction of sp³-hybridized carbons (Fsp3) is 0.316. The average molecular weight is 437 g/mol. The lowest BCUT2D eigenvalue weighted by molar-refractivity contribution is -0.137. The summed E-state index contributed by atoms with van der Waals surface area (Å²) in [5.74, 6) is -1.39. The van der Waals surface area contributed by atoms with Crippen molar-refractivity contribution in [3.8, 4) is 0 Å². The van der Waals surface area contributed by atoms with Crippen LogP contribution in [0.25, 0.3) is 0 Å². The molecule has 0 unspecified atom stereocenters. The van der Waals surface area contributed by atoms with E-state index in [4.69, 9.17) is 22.4 Å². The molecule has 8 nitrogen and oxygen atoms in total. The van der Waals surface area contributed by atoms with Crippen molar-refractivity contribution in [2.24, 2.45) is 5.73 Å². The number of thiophene rings is 1. The Morgan fingerprint density at radius 1 is 1.21 bits per heavy atom. The smallest absolute Gasteiger partial charge is 0.324 e. The van der Waals surface area contributed by atoms with E-state index in [0.29, 0.717) is 53.8 Å². The molecule has 154 valence electrons. The second-order valence-electron chi connectivity index (χ2n) is 6.68. The molecule has 3 amide bonds. The van der Waals surface area contributed by atoms with Gasteiger partial charge < -0.3 is 16.2 Å². The summed E-state index contributed by atoms with van der Waals surface area (Å²) in [4.78, 5) is 38.2. The zero-order valence-electron chi connectivity index (χ0n) is 15.5. The van der Waals surface area contributed by atoms with E-state index >= 15 is 0 Å². The zero-order chi connectivity index (χ0) is 21.0. The third-order valence-corrected chi connectivity index (χ3v) is 5.96. The van der Waals surface area contributed by atoms with Gasteiger partial charge in [0.25, 0.3) is 5.91 Å². The molecule has 0 atom stereocenters. The standard InChI is InChI=1S/C19H21ClN4O4S/c20-11-3-5-12(6-4-11)22-19(28)23-18-16(17(21)27)13-7-9-24(10-14(13)29-18)8-1-2-15(25)26/h3-6H,1-2,7-10H2,(H2,21,27)(H,25,26)(H2,22,23,28). The van der Waals surface area contributed by atoms with Crippen molar-refractivity contribution in [3.05, 3.63) is 45.3 Å². The molecule has 1 aromatic carbocycles. The second kappa shape index (κ2) is 9.25. The Morgan fingerprint density at radius 3 is 2.59 bits per heavy atom. The summed E-state index contributed by atoms with van der Waals surface area (Å²) < 4.78 is 0. The number of nitrogens with zero attached hydrogens (tertiary/aromatic N) is 1. The van der Waals surface area contributed by atoms with Gasteiger partial charge in [-0.05, 0) is 49.2 Å². The molecule has 29 heavy (non-hydrogen) atoms. The molecule has 10 heteroatoms. The molecule has 2 aromatic rings. The van der Waals surface area contributed by atoms with Crippen LogP contribution in [0.4, 0.5) is 15.5 Å². The van der Waals surface area contributed by atoms with Crippen molar-refractivity contribution in [2.45, 2.75) is 25.8 Å². The number of fused-ring (bicyclic) bond motifs is 1. The van der Waals surface area contributed by atoms with Crippen molar-refractivity contribution >= 4 is 51.5 Å². The maximum absolute atomic E-state index is 12.4. The Hall–Kier alpha value is -2.62. The number of halogens is 1. The van der Waals surface area contributed by atoms with Crippen molar-refractivity contribution < 1.29 is 19.5 Å². The number of carboxylic acid groups (broad SMARTS) is 1. The summed E-state index contributed by atoms with van der Waals surface area (Å²) >= 11 is 7.16. The molecule has 0 radical (unpaired) electrons. The average Bonchev–Trinajstić information content (AvgIpc) is 3.00. The van der Waals surface area contributed by atoms with E-state index in [1.807, 2.05) is 0 Å². The molecule has 0 spiro atoms. The van der Waals surface area contributed by atoms with Crippen molar-refractivity contribution in [1.29, 1.82) is 0 Å². The number of rotatable bonds is 7. The Labute approximate surface area is 176 Å². The van der Waals surface area contributed by atoms with Gasteiger partial charge in [0.2, 0.25) is 0 Å². The number of amides is 3. The molecule has 0 saturated heterocycles. The Kier molecular flexibility index (Phi) is 6.73. The lowest BCUT2D eigenvalue weighted by Crippen LogP contribution is -2.31. The molecule has 0 saturated carbocycles. The van der Waals surface area contributed by atoms with Crippen molar-refractivity contribution in [1.82, 2.24) is 4.90 Å². The summed E-state index contributed by atoms with van der Waals surface area (Å²) in [7, 11) is 0. The van der Waals surface area contributed by atoms with Gasteiger partial charge in [0, 0.05) is 35.1 Å². The Bertz CT molecular complexity index is 929. The van der Waals surface area contributed by atoms with Gasteiger partial charge >= 0.3 is 12.0 Å². The van der Waals surface area contributed by atoms with Gasteiger partial charge in [-0.1, -0.05) is 11.6 Å². The minimum Gasteiger partial charge on any atom is -0.481 e. The number of hydrogen-bond acceptors (Lipinski definition) is 5. The summed E-state index contributed by atoms with van der Waals surface area (Å²) in [6, 6.07) is 6.19. The summed E-state index contributed by atoms with van der Waals surface area (Å²) in [5, 5.41) is 15.2. The van der Waals surface area contributed by atoms with Crippen LogP contribution in [0.1, 0.15) is 33.6 Å². The summed E-state index contributed by atoms with van der Waals surface area (Å²) in [6.45, 7) is 1.97. The van der Waals surface area contributed by atoms with Crippen LogP contribution in [0.5, 0.6) is 0 Å². The first kappa shape index (κ1) is 21.1. The van der Waals surface area contributed by atoms with Crippen molar-refractivity contribution in [2.75, 3.05) is 23.7 Å². The lowest BCUT2D eigenvalue weighted by Gasteiger charge is -2.26. The van der Waals surface area contributed by atoms with Crippen molar-refractivity contribution in [3.63, 3.8) is 0 Å². The SMILES string of the molecule is NC(=O)c1c(NC(=O)Nc2ccc(Cl)cc2)sc2c1CCN(CCCC(=O)O)C2. The maximum Gasteiger partial charge on any atom is 0.324 e. The number of anilines is 2. The van der Waals surface area contributed by atoms with Crippen LogP contribution >= 0.6 is 22.9 Å². The Morgan fingerprint density at radius 2 is 1.93 bits per heavy atom. The van der Waals surface area contributed by atoms with Crippen LogP contribution in [-0.4, -0.2) is 41.0 Å². The highest BCUT2D eigenvalue weighted by molar-refractivity contribution is 7.17. The largest absolute Gasteiger partial charge is 0.481 e.